The molecule has 2 amide bonds. The maximum absolute atomic E-state index is 11.3. The van der Waals surface area contributed by atoms with Crippen LogP contribution in [0.1, 0.15) is 5.56 Å². The van der Waals surface area contributed by atoms with E-state index in [0.29, 0.717) is 20.0 Å². The third-order valence-electron chi connectivity index (χ3n) is 2.26. The molecule has 2 rings (SSSR count). The number of urea groups is 1. The number of fused-ring (bicyclic) bond motifs is 1. The number of rotatable bonds is 2. The predicted octanol–water partition coefficient (Wildman–Crippen LogP) is 0.569. The van der Waals surface area contributed by atoms with Gasteiger partial charge in [0.2, 0.25) is 0 Å². The lowest BCUT2D eigenvalue weighted by Crippen LogP contribution is -2.35. The van der Waals surface area contributed by atoms with Crippen LogP contribution in [0.25, 0.3) is 0 Å². The third-order valence-corrected chi connectivity index (χ3v) is 2.26. The van der Waals surface area contributed by atoms with Gasteiger partial charge in [0.25, 0.3) is 0 Å². The summed E-state index contributed by atoms with van der Waals surface area (Å²) in [6.45, 7) is 0.532. The highest BCUT2D eigenvalue weighted by molar-refractivity contribution is 6.17. The summed E-state index contributed by atoms with van der Waals surface area (Å²) in [6.07, 6.45) is 0. The monoisotopic (exact) mass is 205 g/mol. The Balaban J connectivity index is 2.29. The van der Waals surface area contributed by atoms with Crippen LogP contribution in [0.5, 0.6) is 5.75 Å². The smallest absolute Gasteiger partial charge is 0.537 e. The number of anilines is 1. The lowest BCUT2D eigenvalue weighted by Gasteiger charge is -2.26. The van der Waals surface area contributed by atoms with E-state index in [4.69, 9.17) is 9.68 Å². The number of hydrogen-bond donors (Lipinski definition) is 2. The Labute approximate surface area is 88.0 Å². The van der Waals surface area contributed by atoms with Crippen molar-refractivity contribution in [3.63, 3.8) is 0 Å². The predicted molar refractivity (Wildman–Crippen MR) is 55.5 cm³/mol. The van der Waals surface area contributed by atoms with Crippen molar-refractivity contribution in [1.82, 2.24) is 4.90 Å². The first kappa shape index (κ1) is 9.85. The zero-order valence-corrected chi connectivity index (χ0v) is 8.23. The summed E-state index contributed by atoms with van der Waals surface area (Å²) in [5.41, 5.74) is 1.74. The fourth-order valence-electron chi connectivity index (χ4n) is 1.49. The van der Waals surface area contributed by atoms with Crippen molar-refractivity contribution < 1.29 is 14.5 Å². The van der Waals surface area contributed by atoms with E-state index in [2.05, 4.69) is 5.32 Å². The molecule has 5 nitrogen and oxygen atoms in total. The van der Waals surface area contributed by atoms with Gasteiger partial charge in [0.1, 0.15) is 5.75 Å². The molecule has 1 aliphatic heterocycles. The van der Waals surface area contributed by atoms with Gasteiger partial charge in [0, 0.05) is 19.3 Å². The second-order valence-corrected chi connectivity index (χ2v) is 3.33. The lowest BCUT2D eigenvalue weighted by atomic mass is 10.1. The minimum atomic E-state index is -0.120. The lowest BCUT2D eigenvalue weighted by molar-refractivity contribution is 0.218. The SMILES string of the molecule is CN1Cc2cc(O[B]O)ccc2NC1=O. The first-order chi connectivity index (χ1) is 7.20. The quantitative estimate of drug-likeness (QED) is 0.693. The highest BCUT2D eigenvalue weighted by Crippen LogP contribution is 2.26. The summed E-state index contributed by atoms with van der Waals surface area (Å²) in [5.74, 6) is 0.542. The van der Waals surface area contributed by atoms with Gasteiger partial charge in [-0.05, 0) is 23.8 Å². The van der Waals surface area contributed by atoms with Crippen LogP contribution in [-0.2, 0) is 6.54 Å². The van der Waals surface area contributed by atoms with Crippen molar-refractivity contribution in [3.05, 3.63) is 23.8 Å². The van der Waals surface area contributed by atoms with Gasteiger partial charge in [0.15, 0.2) is 0 Å². The van der Waals surface area contributed by atoms with Crippen LogP contribution in [0.2, 0.25) is 0 Å². The zero-order chi connectivity index (χ0) is 10.8. The molecule has 0 spiro atoms. The van der Waals surface area contributed by atoms with Crippen LogP contribution >= 0.6 is 0 Å². The van der Waals surface area contributed by atoms with Crippen LogP contribution < -0.4 is 9.97 Å². The van der Waals surface area contributed by atoms with Gasteiger partial charge in [-0.1, -0.05) is 0 Å². The number of hydrogen-bond acceptors (Lipinski definition) is 3. The molecule has 77 valence electrons. The maximum Gasteiger partial charge on any atom is 0.569 e. The van der Waals surface area contributed by atoms with Gasteiger partial charge >= 0.3 is 13.7 Å². The van der Waals surface area contributed by atoms with E-state index < -0.39 is 0 Å². The molecule has 1 radical (unpaired) electrons. The zero-order valence-electron chi connectivity index (χ0n) is 8.23. The summed E-state index contributed by atoms with van der Waals surface area (Å²) >= 11 is 0. The van der Waals surface area contributed by atoms with Crippen molar-refractivity contribution in [2.45, 2.75) is 6.54 Å². The van der Waals surface area contributed by atoms with Gasteiger partial charge in [-0.15, -0.1) is 0 Å². The second-order valence-electron chi connectivity index (χ2n) is 3.33. The third kappa shape index (κ3) is 1.89. The molecule has 2 N–H and O–H groups in total. The molecule has 0 aliphatic carbocycles. The van der Waals surface area contributed by atoms with Gasteiger partial charge < -0.3 is 19.9 Å². The maximum atomic E-state index is 11.3. The molecule has 0 bridgehead atoms. The van der Waals surface area contributed by atoms with Gasteiger partial charge in [-0.2, -0.15) is 0 Å². The van der Waals surface area contributed by atoms with E-state index in [1.165, 1.54) is 0 Å². The Morgan fingerprint density at radius 3 is 3.13 bits per heavy atom. The van der Waals surface area contributed by atoms with Crippen molar-refractivity contribution in [2.24, 2.45) is 0 Å². The molecule has 0 saturated carbocycles. The van der Waals surface area contributed by atoms with Crippen LogP contribution in [0.3, 0.4) is 0 Å². The van der Waals surface area contributed by atoms with Crippen LogP contribution in [0.4, 0.5) is 10.5 Å². The largest absolute Gasteiger partial charge is 0.569 e. The fraction of sp³-hybridized carbons (Fsp3) is 0.222. The van der Waals surface area contributed by atoms with E-state index in [-0.39, 0.29) is 6.03 Å². The van der Waals surface area contributed by atoms with Crippen LogP contribution in [-0.4, -0.2) is 30.7 Å². The topological polar surface area (TPSA) is 61.8 Å². The van der Waals surface area contributed by atoms with Crippen molar-refractivity contribution in [3.8, 4) is 5.75 Å². The molecule has 1 aliphatic rings. The summed E-state index contributed by atoms with van der Waals surface area (Å²) in [4.78, 5) is 12.9. The molecule has 0 fully saturated rings. The number of carbonyl (C=O) groups is 1. The van der Waals surface area contributed by atoms with Crippen molar-refractivity contribution in [2.75, 3.05) is 12.4 Å². The van der Waals surface area contributed by atoms with E-state index >= 15 is 0 Å². The van der Waals surface area contributed by atoms with E-state index in [9.17, 15) is 4.79 Å². The van der Waals surface area contributed by atoms with E-state index in [1.54, 1.807) is 30.1 Å². The Hall–Kier alpha value is -1.69. The molecular formula is C9H10BN2O3. The van der Waals surface area contributed by atoms with Crippen LogP contribution in [0.15, 0.2) is 18.2 Å². The Kier molecular flexibility index (Phi) is 2.51. The number of benzene rings is 1. The Morgan fingerprint density at radius 2 is 2.40 bits per heavy atom. The van der Waals surface area contributed by atoms with Gasteiger partial charge in [-0.25, -0.2) is 4.79 Å². The molecule has 0 aromatic heterocycles. The van der Waals surface area contributed by atoms with Gasteiger partial charge in [0.05, 0.1) is 0 Å². The fourth-order valence-corrected chi connectivity index (χ4v) is 1.49. The molecule has 15 heavy (non-hydrogen) atoms. The molecule has 6 heteroatoms. The highest BCUT2D eigenvalue weighted by atomic mass is 16.5. The average molecular weight is 205 g/mol. The summed E-state index contributed by atoms with van der Waals surface area (Å²) in [5, 5.41) is 11.2. The molecular weight excluding hydrogens is 195 g/mol. The van der Waals surface area contributed by atoms with Crippen LogP contribution in [0, 0.1) is 0 Å². The molecule has 0 unspecified atom stereocenters. The number of amides is 2. The summed E-state index contributed by atoms with van der Waals surface area (Å²) < 4.78 is 4.83. The number of carbonyl (C=O) groups excluding carboxylic acids is 1. The second kappa shape index (κ2) is 3.82. The number of nitrogens with zero attached hydrogens (tertiary/aromatic N) is 1. The number of nitrogens with one attached hydrogen (secondary N) is 1. The first-order valence-corrected chi connectivity index (χ1v) is 4.48. The first-order valence-electron chi connectivity index (χ1n) is 4.48. The minimum Gasteiger partial charge on any atom is -0.537 e. The molecule has 0 atom stereocenters. The van der Waals surface area contributed by atoms with E-state index in [0.717, 1.165) is 11.3 Å². The standard InChI is InChI=1S/C9H10BN2O3/c1-12-5-6-4-7(15-10-14)2-3-8(6)11-9(12)13/h2-4,14H,5H2,1H3,(H,11,13). The highest BCUT2D eigenvalue weighted by Gasteiger charge is 2.19. The Bertz CT molecular complexity index is 397. The van der Waals surface area contributed by atoms with E-state index in [1.807, 2.05) is 0 Å². The van der Waals surface area contributed by atoms with Gasteiger partial charge in [-0.3, -0.25) is 0 Å². The molecule has 1 aromatic carbocycles. The summed E-state index contributed by atoms with van der Waals surface area (Å²) in [6, 6.07) is 5.08. The average Bonchev–Trinajstić information content (AvgIpc) is 2.21. The summed E-state index contributed by atoms with van der Waals surface area (Å²) in [7, 11) is 2.34. The molecule has 1 heterocycles. The van der Waals surface area contributed by atoms with Crippen molar-refractivity contribution in [1.29, 1.82) is 0 Å². The van der Waals surface area contributed by atoms with Crippen molar-refractivity contribution >= 4 is 19.4 Å². The molecule has 0 saturated heterocycles. The molecule has 1 aromatic rings. The normalized spacial score (nSPS) is 14.3. The Morgan fingerprint density at radius 1 is 1.60 bits per heavy atom. The minimum absolute atomic E-state index is 0.120.